The average Bonchev–Trinajstić information content (AvgIpc) is 3.75. The summed E-state index contributed by atoms with van der Waals surface area (Å²) in [5.41, 5.74) is 11.0. The molecule has 10 rings (SSSR count). The van der Waals surface area contributed by atoms with Crippen LogP contribution in [0.25, 0.3) is 76.9 Å². The van der Waals surface area contributed by atoms with Gasteiger partial charge < -0.3 is 13.7 Å². The lowest BCUT2D eigenvalue weighted by atomic mass is 9.94. The van der Waals surface area contributed by atoms with Gasteiger partial charge in [0.15, 0.2) is 5.58 Å². The standard InChI is InChI=1S/C46H29NO2/c1-3-12-30(13-4-1)31-22-25-34(26-23-31)47(39-20-11-19-37-36-18-9-10-21-40(36)49-46(37)39)38-27-29-42-45(43(38)33-15-5-2-6-16-33)44-35-17-8-7-14-32(35)24-28-41(44)48-42/h1-29H. The van der Waals surface area contributed by atoms with Gasteiger partial charge in [-0.15, -0.1) is 0 Å². The van der Waals surface area contributed by atoms with Gasteiger partial charge in [-0.3, -0.25) is 0 Å². The van der Waals surface area contributed by atoms with Crippen LogP contribution in [0.5, 0.6) is 0 Å². The minimum Gasteiger partial charge on any atom is -0.456 e. The van der Waals surface area contributed by atoms with E-state index in [1.54, 1.807) is 0 Å². The zero-order valence-corrected chi connectivity index (χ0v) is 26.5. The Balaban J connectivity index is 1.32. The Labute approximate surface area is 282 Å². The van der Waals surface area contributed by atoms with E-state index in [9.17, 15) is 0 Å². The third-order valence-electron chi connectivity index (χ3n) is 9.67. The minimum atomic E-state index is 0.845. The van der Waals surface area contributed by atoms with E-state index in [1.165, 1.54) is 16.3 Å². The van der Waals surface area contributed by atoms with Gasteiger partial charge in [-0.05, 0) is 69.9 Å². The van der Waals surface area contributed by atoms with Gasteiger partial charge in [-0.25, -0.2) is 0 Å². The SMILES string of the molecule is c1ccc(-c2ccc(N(c3ccc4oc5ccc6ccccc6c5c4c3-c3ccccc3)c3cccc4c3oc3ccccc34)cc2)cc1. The number of rotatable bonds is 5. The van der Waals surface area contributed by atoms with Crippen LogP contribution in [0.2, 0.25) is 0 Å². The number of furan rings is 2. The average molecular weight is 628 g/mol. The smallest absolute Gasteiger partial charge is 0.159 e. The van der Waals surface area contributed by atoms with Gasteiger partial charge in [0.2, 0.25) is 0 Å². The second-order valence-corrected chi connectivity index (χ2v) is 12.5. The number of fused-ring (bicyclic) bond motifs is 8. The van der Waals surface area contributed by atoms with Crippen molar-refractivity contribution in [3.05, 3.63) is 176 Å². The van der Waals surface area contributed by atoms with Crippen LogP contribution in [-0.2, 0) is 0 Å². The van der Waals surface area contributed by atoms with Gasteiger partial charge >= 0.3 is 0 Å². The van der Waals surface area contributed by atoms with Crippen LogP contribution in [-0.4, -0.2) is 0 Å². The van der Waals surface area contributed by atoms with Gasteiger partial charge in [0, 0.05) is 32.8 Å². The van der Waals surface area contributed by atoms with Crippen LogP contribution in [0.15, 0.2) is 185 Å². The molecule has 2 heterocycles. The van der Waals surface area contributed by atoms with E-state index in [1.807, 2.05) is 12.1 Å². The number of para-hydroxylation sites is 2. The van der Waals surface area contributed by atoms with Crippen molar-refractivity contribution >= 4 is 71.7 Å². The molecule has 0 N–H and O–H groups in total. The molecular formula is C46H29NO2. The minimum absolute atomic E-state index is 0.845. The van der Waals surface area contributed by atoms with Crippen LogP contribution >= 0.6 is 0 Å². The zero-order valence-electron chi connectivity index (χ0n) is 26.5. The number of hydrogen-bond acceptors (Lipinski definition) is 3. The van der Waals surface area contributed by atoms with Gasteiger partial charge in [-0.1, -0.05) is 133 Å². The topological polar surface area (TPSA) is 29.5 Å². The molecule has 3 heteroatoms. The molecule has 8 aromatic carbocycles. The highest BCUT2D eigenvalue weighted by molar-refractivity contribution is 6.25. The van der Waals surface area contributed by atoms with E-state index >= 15 is 0 Å². The highest BCUT2D eigenvalue weighted by Crippen LogP contribution is 2.50. The summed E-state index contributed by atoms with van der Waals surface area (Å²) >= 11 is 0. The van der Waals surface area contributed by atoms with E-state index in [4.69, 9.17) is 8.83 Å². The monoisotopic (exact) mass is 627 g/mol. The van der Waals surface area contributed by atoms with E-state index < -0.39 is 0 Å². The number of anilines is 3. The molecule has 10 aromatic rings. The predicted octanol–water partition coefficient (Wildman–Crippen LogP) is 13.4. The quantitative estimate of drug-likeness (QED) is 0.190. The fourth-order valence-electron chi connectivity index (χ4n) is 7.45. The van der Waals surface area contributed by atoms with E-state index in [0.717, 1.165) is 77.6 Å². The Morgan fingerprint density at radius 1 is 0.347 bits per heavy atom. The van der Waals surface area contributed by atoms with Gasteiger partial charge in [0.25, 0.3) is 0 Å². The first kappa shape index (κ1) is 27.5. The molecule has 0 bridgehead atoms. The maximum Gasteiger partial charge on any atom is 0.159 e. The van der Waals surface area contributed by atoms with Crippen molar-refractivity contribution in [3.8, 4) is 22.3 Å². The zero-order chi connectivity index (χ0) is 32.3. The fraction of sp³-hybridized carbons (Fsp3) is 0. The van der Waals surface area contributed by atoms with Crippen LogP contribution in [0, 0.1) is 0 Å². The lowest BCUT2D eigenvalue weighted by Crippen LogP contribution is -2.11. The number of benzene rings is 8. The van der Waals surface area contributed by atoms with Crippen LogP contribution in [0.3, 0.4) is 0 Å². The van der Waals surface area contributed by atoms with Crippen molar-refractivity contribution in [1.29, 1.82) is 0 Å². The van der Waals surface area contributed by atoms with Gasteiger partial charge in [-0.2, -0.15) is 0 Å². The third-order valence-corrected chi connectivity index (χ3v) is 9.67. The summed E-state index contributed by atoms with van der Waals surface area (Å²) in [6, 6.07) is 61.9. The predicted molar refractivity (Wildman–Crippen MR) is 204 cm³/mol. The Morgan fingerprint density at radius 3 is 1.80 bits per heavy atom. The molecule has 3 nitrogen and oxygen atoms in total. The highest BCUT2D eigenvalue weighted by atomic mass is 16.3. The first-order valence-electron chi connectivity index (χ1n) is 16.6. The molecule has 0 saturated carbocycles. The first-order chi connectivity index (χ1) is 24.3. The first-order valence-corrected chi connectivity index (χ1v) is 16.6. The highest BCUT2D eigenvalue weighted by Gasteiger charge is 2.25. The largest absolute Gasteiger partial charge is 0.456 e. The molecule has 0 atom stereocenters. The van der Waals surface area contributed by atoms with Crippen molar-refractivity contribution in [2.24, 2.45) is 0 Å². The molecule has 0 saturated heterocycles. The molecule has 0 aliphatic carbocycles. The normalized spacial score (nSPS) is 11.7. The summed E-state index contributed by atoms with van der Waals surface area (Å²) in [7, 11) is 0. The van der Waals surface area contributed by atoms with Gasteiger partial charge in [0.1, 0.15) is 16.7 Å². The Bertz CT molecular complexity index is 2810. The summed E-state index contributed by atoms with van der Waals surface area (Å²) < 4.78 is 13.3. The summed E-state index contributed by atoms with van der Waals surface area (Å²) in [5, 5.41) is 6.76. The van der Waals surface area contributed by atoms with Crippen LogP contribution in [0.1, 0.15) is 0 Å². The maximum absolute atomic E-state index is 6.69. The molecule has 2 aromatic heterocycles. The summed E-state index contributed by atoms with van der Waals surface area (Å²) in [6.07, 6.45) is 0. The second-order valence-electron chi connectivity index (χ2n) is 12.5. The van der Waals surface area contributed by atoms with Crippen LogP contribution in [0.4, 0.5) is 17.1 Å². The molecule has 0 spiro atoms. The molecule has 0 unspecified atom stereocenters. The molecular weight excluding hydrogens is 599 g/mol. The number of nitrogens with zero attached hydrogens (tertiary/aromatic N) is 1. The van der Waals surface area contributed by atoms with Crippen molar-refractivity contribution in [1.82, 2.24) is 0 Å². The lowest BCUT2D eigenvalue weighted by molar-refractivity contribution is 0.669. The van der Waals surface area contributed by atoms with E-state index in [-0.39, 0.29) is 0 Å². The van der Waals surface area contributed by atoms with Crippen molar-refractivity contribution in [3.63, 3.8) is 0 Å². The number of hydrogen-bond donors (Lipinski definition) is 0. The van der Waals surface area contributed by atoms with E-state index in [0.29, 0.717) is 0 Å². The Hall–Kier alpha value is -6.58. The second kappa shape index (κ2) is 11.0. The molecule has 0 fully saturated rings. The third kappa shape index (κ3) is 4.37. The van der Waals surface area contributed by atoms with E-state index in [2.05, 4.69) is 169 Å². The molecule has 0 radical (unpaired) electrons. The summed E-state index contributed by atoms with van der Waals surface area (Å²) in [5.74, 6) is 0. The van der Waals surface area contributed by atoms with Gasteiger partial charge in [0.05, 0.1) is 11.4 Å². The van der Waals surface area contributed by atoms with Crippen LogP contribution < -0.4 is 4.90 Å². The Kier molecular flexibility index (Phi) is 6.18. The molecule has 230 valence electrons. The van der Waals surface area contributed by atoms with Crippen molar-refractivity contribution in [2.75, 3.05) is 4.90 Å². The molecule has 0 aliphatic rings. The Morgan fingerprint density at radius 2 is 0.980 bits per heavy atom. The van der Waals surface area contributed by atoms with Crippen molar-refractivity contribution in [2.45, 2.75) is 0 Å². The summed E-state index contributed by atoms with van der Waals surface area (Å²) in [6.45, 7) is 0. The molecule has 49 heavy (non-hydrogen) atoms. The maximum atomic E-state index is 6.69. The molecule has 0 amide bonds. The lowest BCUT2D eigenvalue weighted by Gasteiger charge is -2.28. The fourth-order valence-corrected chi connectivity index (χ4v) is 7.45. The van der Waals surface area contributed by atoms with Crippen molar-refractivity contribution < 1.29 is 8.83 Å². The summed E-state index contributed by atoms with van der Waals surface area (Å²) in [4.78, 5) is 2.35. The molecule has 0 aliphatic heterocycles.